The maximum Gasteiger partial charge on any atom is 0.336 e. The molecule has 122 valence electrons. The average Bonchev–Trinajstić information content (AvgIpc) is 2.55. The number of carboxylic acid groups (broad SMARTS) is 1. The highest BCUT2D eigenvalue weighted by Crippen LogP contribution is 2.30. The van der Waals surface area contributed by atoms with E-state index in [1.807, 2.05) is 4.90 Å². The Kier molecular flexibility index (Phi) is 5.59. The first-order chi connectivity index (χ1) is 10.6. The third-order valence-electron chi connectivity index (χ3n) is 3.79. The standard InChI is InChI=1S/C15H21NO6/c1-20-11-5-12(15(18)19)13(14(6-11)21-2)7-16-3-4-22-9-10(16)8-17/h5-6,10,17H,3-4,7-9H2,1-2H3,(H,18,19). The van der Waals surface area contributed by atoms with Crippen molar-refractivity contribution in [1.82, 2.24) is 4.90 Å². The van der Waals surface area contributed by atoms with E-state index in [1.165, 1.54) is 20.3 Å². The number of rotatable bonds is 6. The highest BCUT2D eigenvalue weighted by atomic mass is 16.5. The van der Waals surface area contributed by atoms with Crippen molar-refractivity contribution in [3.05, 3.63) is 23.3 Å². The van der Waals surface area contributed by atoms with Crippen molar-refractivity contribution in [2.24, 2.45) is 0 Å². The van der Waals surface area contributed by atoms with E-state index in [0.29, 0.717) is 43.4 Å². The maximum absolute atomic E-state index is 11.5. The summed E-state index contributed by atoms with van der Waals surface area (Å²) < 4.78 is 15.8. The molecule has 1 fully saturated rings. The quantitative estimate of drug-likeness (QED) is 0.795. The van der Waals surface area contributed by atoms with Gasteiger partial charge in [-0.3, -0.25) is 4.90 Å². The highest BCUT2D eigenvalue weighted by Gasteiger charge is 2.26. The number of hydrogen-bond donors (Lipinski definition) is 2. The van der Waals surface area contributed by atoms with Gasteiger partial charge in [-0.15, -0.1) is 0 Å². The van der Waals surface area contributed by atoms with Crippen LogP contribution < -0.4 is 9.47 Å². The lowest BCUT2D eigenvalue weighted by Crippen LogP contribution is -2.47. The van der Waals surface area contributed by atoms with Gasteiger partial charge in [0.05, 0.1) is 45.6 Å². The van der Waals surface area contributed by atoms with Crippen molar-refractivity contribution in [2.75, 3.05) is 40.6 Å². The monoisotopic (exact) mass is 311 g/mol. The average molecular weight is 311 g/mol. The molecule has 1 aliphatic heterocycles. The van der Waals surface area contributed by atoms with Crippen molar-refractivity contribution < 1.29 is 29.2 Å². The van der Waals surface area contributed by atoms with Gasteiger partial charge in [0.25, 0.3) is 0 Å². The van der Waals surface area contributed by atoms with Crippen LogP contribution in [-0.2, 0) is 11.3 Å². The van der Waals surface area contributed by atoms with Gasteiger partial charge in [0, 0.05) is 24.7 Å². The molecule has 0 amide bonds. The van der Waals surface area contributed by atoms with E-state index >= 15 is 0 Å². The number of methoxy groups -OCH3 is 2. The van der Waals surface area contributed by atoms with Gasteiger partial charge >= 0.3 is 5.97 Å². The number of hydrogen-bond acceptors (Lipinski definition) is 6. The van der Waals surface area contributed by atoms with Crippen molar-refractivity contribution in [2.45, 2.75) is 12.6 Å². The van der Waals surface area contributed by atoms with E-state index in [9.17, 15) is 15.0 Å². The van der Waals surface area contributed by atoms with Crippen LogP contribution in [0.15, 0.2) is 12.1 Å². The molecule has 0 radical (unpaired) electrons. The molecule has 0 saturated carbocycles. The molecule has 1 aromatic carbocycles. The van der Waals surface area contributed by atoms with Gasteiger partial charge in [-0.1, -0.05) is 0 Å². The molecule has 1 aromatic rings. The van der Waals surface area contributed by atoms with E-state index in [2.05, 4.69) is 0 Å². The molecule has 1 saturated heterocycles. The van der Waals surface area contributed by atoms with Crippen LogP contribution in [0, 0.1) is 0 Å². The molecule has 0 aliphatic carbocycles. The number of carboxylic acids is 1. The van der Waals surface area contributed by atoms with Gasteiger partial charge < -0.3 is 24.4 Å². The molecular formula is C15H21NO6. The molecule has 1 aliphatic rings. The third kappa shape index (κ3) is 3.49. The lowest BCUT2D eigenvalue weighted by molar-refractivity contribution is -0.0315. The summed E-state index contributed by atoms with van der Waals surface area (Å²) in [6, 6.07) is 2.99. The molecule has 0 spiro atoms. The molecule has 2 rings (SSSR count). The normalized spacial score (nSPS) is 19.0. The maximum atomic E-state index is 11.5. The Labute approximate surface area is 129 Å². The molecule has 1 unspecified atom stereocenters. The Balaban J connectivity index is 2.37. The summed E-state index contributed by atoms with van der Waals surface area (Å²) in [6.07, 6.45) is 0. The summed E-state index contributed by atoms with van der Waals surface area (Å²) in [5.41, 5.74) is 0.704. The predicted molar refractivity (Wildman–Crippen MR) is 78.6 cm³/mol. The van der Waals surface area contributed by atoms with E-state index in [0.717, 1.165) is 0 Å². The molecule has 0 bridgehead atoms. The van der Waals surface area contributed by atoms with Gasteiger partial charge in [0.1, 0.15) is 11.5 Å². The summed E-state index contributed by atoms with van der Waals surface area (Å²) in [5.74, 6) is -0.153. The van der Waals surface area contributed by atoms with E-state index in [-0.39, 0.29) is 18.2 Å². The van der Waals surface area contributed by atoms with Crippen LogP contribution in [0.2, 0.25) is 0 Å². The van der Waals surface area contributed by atoms with Gasteiger partial charge in [-0.25, -0.2) is 4.79 Å². The molecule has 22 heavy (non-hydrogen) atoms. The van der Waals surface area contributed by atoms with Crippen molar-refractivity contribution in [3.63, 3.8) is 0 Å². The fourth-order valence-electron chi connectivity index (χ4n) is 2.54. The summed E-state index contributed by atoms with van der Waals surface area (Å²) in [4.78, 5) is 13.5. The van der Waals surface area contributed by atoms with Crippen LogP contribution in [-0.4, -0.2) is 67.7 Å². The van der Waals surface area contributed by atoms with Crippen molar-refractivity contribution >= 4 is 5.97 Å². The van der Waals surface area contributed by atoms with Gasteiger partial charge in [-0.05, 0) is 6.07 Å². The first kappa shape index (κ1) is 16.5. The second kappa shape index (κ2) is 7.44. The van der Waals surface area contributed by atoms with Crippen LogP contribution >= 0.6 is 0 Å². The second-order valence-electron chi connectivity index (χ2n) is 5.04. The minimum absolute atomic E-state index is 0.0408. The van der Waals surface area contributed by atoms with E-state index < -0.39 is 5.97 Å². The zero-order valence-electron chi connectivity index (χ0n) is 12.7. The first-order valence-electron chi connectivity index (χ1n) is 7.01. The largest absolute Gasteiger partial charge is 0.497 e. The Morgan fingerprint density at radius 1 is 1.41 bits per heavy atom. The topological polar surface area (TPSA) is 88.5 Å². The summed E-state index contributed by atoms with van der Waals surface area (Å²) in [6.45, 7) is 1.93. The fourth-order valence-corrected chi connectivity index (χ4v) is 2.54. The number of aromatic carboxylic acids is 1. The fraction of sp³-hybridized carbons (Fsp3) is 0.533. The summed E-state index contributed by atoms with van der Waals surface area (Å²) in [5, 5.41) is 18.9. The Bertz CT molecular complexity index is 533. The zero-order valence-corrected chi connectivity index (χ0v) is 12.7. The van der Waals surface area contributed by atoms with Crippen LogP contribution in [0.1, 0.15) is 15.9 Å². The smallest absolute Gasteiger partial charge is 0.336 e. The number of aliphatic hydroxyl groups excluding tert-OH is 1. The predicted octanol–water partition coefficient (Wildman–Crippen LogP) is 0.595. The Morgan fingerprint density at radius 3 is 2.77 bits per heavy atom. The van der Waals surface area contributed by atoms with Crippen molar-refractivity contribution in [1.29, 1.82) is 0 Å². The third-order valence-corrected chi connectivity index (χ3v) is 3.79. The molecule has 7 nitrogen and oxygen atoms in total. The lowest BCUT2D eigenvalue weighted by Gasteiger charge is -2.35. The molecule has 2 N–H and O–H groups in total. The molecule has 0 aromatic heterocycles. The number of aliphatic hydroxyl groups is 1. The Morgan fingerprint density at radius 2 is 2.18 bits per heavy atom. The van der Waals surface area contributed by atoms with Gasteiger partial charge in [0.2, 0.25) is 0 Å². The Hall–Kier alpha value is -1.83. The van der Waals surface area contributed by atoms with Crippen LogP contribution in [0.5, 0.6) is 11.5 Å². The van der Waals surface area contributed by atoms with Gasteiger partial charge in [-0.2, -0.15) is 0 Å². The first-order valence-corrected chi connectivity index (χ1v) is 7.01. The van der Waals surface area contributed by atoms with E-state index in [1.54, 1.807) is 6.07 Å². The minimum atomic E-state index is -1.04. The second-order valence-corrected chi connectivity index (χ2v) is 5.04. The van der Waals surface area contributed by atoms with Crippen LogP contribution in [0.4, 0.5) is 0 Å². The van der Waals surface area contributed by atoms with Crippen molar-refractivity contribution in [3.8, 4) is 11.5 Å². The SMILES string of the molecule is COc1cc(OC)c(CN2CCOCC2CO)c(C(=O)O)c1. The molecule has 1 heterocycles. The van der Waals surface area contributed by atoms with Gasteiger partial charge in [0.15, 0.2) is 0 Å². The number of benzene rings is 1. The molecule has 1 atom stereocenters. The highest BCUT2D eigenvalue weighted by molar-refractivity contribution is 5.91. The zero-order chi connectivity index (χ0) is 16.1. The number of carbonyl (C=O) groups is 1. The molecule has 7 heteroatoms. The van der Waals surface area contributed by atoms with E-state index in [4.69, 9.17) is 14.2 Å². The van der Waals surface area contributed by atoms with Crippen LogP contribution in [0.25, 0.3) is 0 Å². The number of nitrogens with zero attached hydrogens (tertiary/aromatic N) is 1. The summed E-state index contributed by atoms with van der Waals surface area (Å²) >= 11 is 0. The molecular weight excluding hydrogens is 290 g/mol. The van der Waals surface area contributed by atoms with Crippen LogP contribution in [0.3, 0.4) is 0 Å². The number of ether oxygens (including phenoxy) is 3. The minimum Gasteiger partial charge on any atom is -0.497 e. The summed E-state index contributed by atoms with van der Waals surface area (Å²) in [7, 11) is 2.97. The lowest BCUT2D eigenvalue weighted by atomic mass is 10.0. The number of morpholine rings is 1.